The Hall–Kier alpha value is -2.05. The average molecular weight is 383 g/mol. The van der Waals surface area contributed by atoms with Gasteiger partial charge in [0.15, 0.2) is 11.7 Å². The lowest BCUT2D eigenvalue weighted by Crippen LogP contribution is -2.40. The van der Waals surface area contributed by atoms with Crippen molar-refractivity contribution in [2.24, 2.45) is 0 Å². The molecule has 1 aliphatic rings. The second-order valence-corrected chi connectivity index (χ2v) is 6.67. The van der Waals surface area contributed by atoms with Crippen LogP contribution in [0, 0.1) is 0 Å². The van der Waals surface area contributed by atoms with E-state index in [4.69, 9.17) is 32.7 Å². The lowest BCUT2D eigenvalue weighted by atomic mass is 10.2. The summed E-state index contributed by atoms with van der Waals surface area (Å²) in [4.78, 5) is 29.0. The fourth-order valence-electron chi connectivity index (χ4n) is 2.92. The smallest absolute Gasteiger partial charge is 0.326 e. The standard InChI is InChI=1S/C17H16Cl2N2O4/c18-10-3-4-11(12(19)8-10)14-9-20-15(25-14)5-6-16(22)21-7-1-2-13(21)17(23)24/h3-4,8-9,13H,1-2,5-7H2,(H,23,24)/t13-/m1/s1. The van der Waals surface area contributed by atoms with Crippen molar-refractivity contribution in [2.75, 3.05) is 6.54 Å². The number of aromatic nitrogens is 1. The van der Waals surface area contributed by atoms with Crippen LogP contribution in [0.2, 0.25) is 10.0 Å². The van der Waals surface area contributed by atoms with Crippen molar-refractivity contribution in [3.63, 3.8) is 0 Å². The summed E-state index contributed by atoms with van der Waals surface area (Å²) in [6, 6.07) is 4.33. The second kappa shape index (κ2) is 7.45. The quantitative estimate of drug-likeness (QED) is 0.852. The van der Waals surface area contributed by atoms with Gasteiger partial charge in [0.2, 0.25) is 5.91 Å². The van der Waals surface area contributed by atoms with E-state index in [2.05, 4.69) is 4.98 Å². The van der Waals surface area contributed by atoms with Crippen molar-refractivity contribution in [2.45, 2.75) is 31.7 Å². The molecule has 25 heavy (non-hydrogen) atoms. The van der Waals surface area contributed by atoms with E-state index in [1.54, 1.807) is 24.4 Å². The van der Waals surface area contributed by atoms with Crippen LogP contribution in [0.4, 0.5) is 0 Å². The van der Waals surface area contributed by atoms with E-state index in [1.165, 1.54) is 4.90 Å². The van der Waals surface area contributed by atoms with Crippen LogP contribution in [-0.4, -0.2) is 39.5 Å². The van der Waals surface area contributed by atoms with Crippen LogP contribution in [0.5, 0.6) is 0 Å². The molecule has 6 nitrogen and oxygen atoms in total. The maximum absolute atomic E-state index is 12.3. The number of aryl methyl sites for hydroxylation is 1. The first-order valence-corrected chi connectivity index (χ1v) is 8.63. The summed E-state index contributed by atoms with van der Waals surface area (Å²) in [6.45, 7) is 0.479. The number of nitrogens with zero attached hydrogens (tertiary/aromatic N) is 2. The van der Waals surface area contributed by atoms with Crippen LogP contribution in [-0.2, 0) is 16.0 Å². The van der Waals surface area contributed by atoms with Gasteiger partial charge < -0.3 is 14.4 Å². The Morgan fingerprint density at radius 1 is 1.36 bits per heavy atom. The highest BCUT2D eigenvalue weighted by molar-refractivity contribution is 6.36. The Morgan fingerprint density at radius 2 is 2.16 bits per heavy atom. The van der Waals surface area contributed by atoms with Crippen molar-refractivity contribution in [1.82, 2.24) is 9.88 Å². The first-order valence-electron chi connectivity index (χ1n) is 7.88. The predicted octanol–water partition coefficient (Wildman–Crippen LogP) is 3.66. The minimum atomic E-state index is -0.957. The van der Waals surface area contributed by atoms with E-state index in [9.17, 15) is 9.59 Å². The molecule has 0 unspecified atom stereocenters. The van der Waals surface area contributed by atoms with Gasteiger partial charge in [0, 0.05) is 30.0 Å². The molecule has 2 heterocycles. The molecule has 0 spiro atoms. The molecule has 1 N–H and O–H groups in total. The predicted molar refractivity (Wildman–Crippen MR) is 92.7 cm³/mol. The van der Waals surface area contributed by atoms with Crippen LogP contribution >= 0.6 is 23.2 Å². The normalized spacial score (nSPS) is 17.0. The molecule has 2 aromatic rings. The lowest BCUT2D eigenvalue weighted by molar-refractivity contribution is -0.148. The molecule has 1 atom stereocenters. The van der Waals surface area contributed by atoms with Gasteiger partial charge in [0.25, 0.3) is 0 Å². The number of oxazole rings is 1. The SMILES string of the molecule is O=C(O)[C@H]1CCCN1C(=O)CCc1ncc(-c2ccc(Cl)cc2Cl)o1. The fourth-order valence-corrected chi connectivity index (χ4v) is 3.42. The maximum Gasteiger partial charge on any atom is 0.326 e. The number of carbonyl (C=O) groups excluding carboxylic acids is 1. The van der Waals surface area contributed by atoms with Gasteiger partial charge in [0.1, 0.15) is 6.04 Å². The second-order valence-electron chi connectivity index (χ2n) is 5.83. The van der Waals surface area contributed by atoms with Crippen molar-refractivity contribution < 1.29 is 19.1 Å². The minimum Gasteiger partial charge on any atom is -0.480 e. The summed E-state index contributed by atoms with van der Waals surface area (Å²) in [5.41, 5.74) is 0.668. The lowest BCUT2D eigenvalue weighted by Gasteiger charge is -2.20. The van der Waals surface area contributed by atoms with Crippen molar-refractivity contribution in [1.29, 1.82) is 0 Å². The summed E-state index contributed by atoms with van der Waals surface area (Å²) in [5.74, 6) is -0.259. The first kappa shape index (κ1) is 17.8. The number of aliphatic carboxylic acids is 1. The van der Waals surface area contributed by atoms with E-state index in [0.717, 1.165) is 0 Å². The summed E-state index contributed by atoms with van der Waals surface area (Å²) < 4.78 is 5.65. The van der Waals surface area contributed by atoms with Gasteiger partial charge in [-0.2, -0.15) is 0 Å². The van der Waals surface area contributed by atoms with Gasteiger partial charge in [-0.25, -0.2) is 9.78 Å². The molecule has 0 bridgehead atoms. The largest absolute Gasteiger partial charge is 0.480 e. The van der Waals surface area contributed by atoms with E-state index in [0.29, 0.717) is 53.1 Å². The van der Waals surface area contributed by atoms with Crippen LogP contribution in [0.1, 0.15) is 25.2 Å². The number of carboxylic acids is 1. The Bertz CT molecular complexity index is 806. The Kier molecular flexibility index (Phi) is 5.30. The van der Waals surface area contributed by atoms with Gasteiger partial charge in [-0.15, -0.1) is 0 Å². The number of carbonyl (C=O) groups is 2. The molecule has 0 radical (unpaired) electrons. The van der Waals surface area contributed by atoms with Crippen LogP contribution < -0.4 is 0 Å². The number of halogens is 2. The monoisotopic (exact) mass is 382 g/mol. The van der Waals surface area contributed by atoms with Gasteiger partial charge in [0.05, 0.1) is 11.2 Å². The molecule has 0 aliphatic carbocycles. The Balaban J connectivity index is 1.64. The molecule has 1 aromatic carbocycles. The van der Waals surface area contributed by atoms with Crippen LogP contribution in [0.15, 0.2) is 28.8 Å². The zero-order chi connectivity index (χ0) is 18.0. The third-order valence-corrected chi connectivity index (χ3v) is 4.71. The summed E-state index contributed by atoms with van der Waals surface area (Å²) in [5, 5.41) is 10.1. The maximum atomic E-state index is 12.3. The molecule has 1 aliphatic heterocycles. The molecule has 1 saturated heterocycles. The van der Waals surface area contributed by atoms with Crippen LogP contribution in [0.3, 0.4) is 0 Å². The third-order valence-electron chi connectivity index (χ3n) is 4.16. The summed E-state index contributed by atoms with van der Waals surface area (Å²) in [6.07, 6.45) is 3.20. The molecular formula is C17H16Cl2N2O4. The number of hydrogen-bond donors (Lipinski definition) is 1. The van der Waals surface area contributed by atoms with Gasteiger partial charge in [-0.05, 0) is 31.0 Å². The zero-order valence-electron chi connectivity index (χ0n) is 13.2. The molecule has 8 heteroatoms. The first-order chi connectivity index (χ1) is 12.0. The highest BCUT2D eigenvalue weighted by atomic mass is 35.5. The topological polar surface area (TPSA) is 83.6 Å². The number of rotatable bonds is 5. The van der Waals surface area contributed by atoms with E-state index in [1.807, 2.05) is 0 Å². The van der Waals surface area contributed by atoms with Crippen molar-refractivity contribution >= 4 is 35.1 Å². The summed E-state index contributed by atoms with van der Waals surface area (Å²) in [7, 11) is 0. The molecule has 132 valence electrons. The van der Waals surface area contributed by atoms with Crippen molar-refractivity contribution in [3.05, 3.63) is 40.3 Å². The Morgan fingerprint density at radius 3 is 2.88 bits per heavy atom. The number of benzene rings is 1. The molecule has 0 saturated carbocycles. The number of hydrogen-bond acceptors (Lipinski definition) is 4. The molecule has 1 amide bonds. The third kappa shape index (κ3) is 3.96. The van der Waals surface area contributed by atoms with Gasteiger partial charge in [-0.3, -0.25) is 4.79 Å². The highest BCUT2D eigenvalue weighted by Gasteiger charge is 2.33. The average Bonchev–Trinajstić information content (AvgIpc) is 3.22. The van der Waals surface area contributed by atoms with Gasteiger partial charge in [-0.1, -0.05) is 23.2 Å². The van der Waals surface area contributed by atoms with Crippen LogP contribution in [0.25, 0.3) is 11.3 Å². The van der Waals surface area contributed by atoms with Crippen molar-refractivity contribution in [3.8, 4) is 11.3 Å². The van der Waals surface area contributed by atoms with E-state index in [-0.39, 0.29) is 12.3 Å². The van der Waals surface area contributed by atoms with E-state index < -0.39 is 12.0 Å². The molecule has 3 rings (SSSR count). The number of amides is 1. The fraction of sp³-hybridized carbons (Fsp3) is 0.353. The van der Waals surface area contributed by atoms with Gasteiger partial charge >= 0.3 is 5.97 Å². The molecule has 1 fully saturated rings. The zero-order valence-corrected chi connectivity index (χ0v) is 14.8. The number of likely N-dealkylation sites (tertiary alicyclic amines) is 1. The number of carboxylic acid groups (broad SMARTS) is 1. The minimum absolute atomic E-state index is 0.151. The summed E-state index contributed by atoms with van der Waals surface area (Å²) >= 11 is 12.0. The van der Waals surface area contributed by atoms with E-state index >= 15 is 0 Å². The highest BCUT2D eigenvalue weighted by Crippen LogP contribution is 2.31. The molecule has 1 aromatic heterocycles. The molecular weight excluding hydrogens is 367 g/mol. The Labute approximate surface area is 154 Å².